The van der Waals surface area contributed by atoms with E-state index in [0.29, 0.717) is 0 Å². The lowest BCUT2D eigenvalue weighted by Gasteiger charge is -1.99. The second-order valence-corrected chi connectivity index (χ2v) is 6.07. The van der Waals surface area contributed by atoms with Crippen LogP contribution in [0.4, 0.5) is 0 Å². The van der Waals surface area contributed by atoms with Crippen LogP contribution in [-0.2, 0) is 6.42 Å². The minimum atomic E-state index is 0.859. The van der Waals surface area contributed by atoms with Crippen LogP contribution in [0, 0.1) is 11.8 Å². The van der Waals surface area contributed by atoms with Gasteiger partial charge in [0.15, 0.2) is 0 Å². The fourth-order valence-corrected chi connectivity index (χ4v) is 3.10. The van der Waals surface area contributed by atoms with E-state index in [1.54, 1.807) is 0 Å². The van der Waals surface area contributed by atoms with Crippen molar-refractivity contribution in [3.8, 4) is 23.1 Å². The molecule has 1 heterocycles. The third-order valence-corrected chi connectivity index (χ3v) is 4.36. The number of nitrogens with one attached hydrogen (secondary N) is 1. The van der Waals surface area contributed by atoms with Crippen molar-refractivity contribution in [1.82, 2.24) is 4.98 Å². The van der Waals surface area contributed by atoms with Crippen LogP contribution >= 0.6 is 0 Å². The largest absolute Gasteiger partial charge is 0.353 e. The van der Waals surface area contributed by atoms with Gasteiger partial charge < -0.3 is 4.98 Å². The van der Waals surface area contributed by atoms with Crippen molar-refractivity contribution < 1.29 is 0 Å². The molecule has 4 aromatic rings. The fourth-order valence-electron chi connectivity index (χ4n) is 3.10. The summed E-state index contributed by atoms with van der Waals surface area (Å²) in [7, 11) is 0. The molecule has 0 unspecified atom stereocenters. The number of aromatic amines is 1. The lowest BCUT2D eigenvalue weighted by atomic mass is 10.0. The normalized spacial score (nSPS) is 10.4. The standard InChI is InChI=1S/C24H19N/c1-3-11-19(12-4-1)13-7-8-17-22-21-16-9-10-18-23(21)25-24(22)20-14-5-2-6-15-20/h1-6,9-12,14-16,18,25H,7,13H2. The predicted octanol–water partition coefficient (Wildman–Crippen LogP) is 5.82. The Hall–Kier alpha value is -3.24. The highest BCUT2D eigenvalue weighted by Gasteiger charge is 2.10. The minimum absolute atomic E-state index is 0.859. The first-order chi connectivity index (χ1) is 12.4. The van der Waals surface area contributed by atoms with Gasteiger partial charge in [0, 0.05) is 17.3 Å². The van der Waals surface area contributed by atoms with Gasteiger partial charge in [0.25, 0.3) is 0 Å². The summed E-state index contributed by atoms with van der Waals surface area (Å²) in [5.41, 5.74) is 5.84. The van der Waals surface area contributed by atoms with Crippen LogP contribution in [0.15, 0.2) is 84.9 Å². The first-order valence-electron chi connectivity index (χ1n) is 8.61. The average Bonchev–Trinajstić information content (AvgIpc) is 3.05. The Morgan fingerprint density at radius 3 is 2.20 bits per heavy atom. The second-order valence-electron chi connectivity index (χ2n) is 6.07. The Morgan fingerprint density at radius 1 is 0.720 bits per heavy atom. The Kier molecular flexibility index (Phi) is 4.35. The number of rotatable bonds is 3. The van der Waals surface area contributed by atoms with Crippen molar-refractivity contribution in [2.24, 2.45) is 0 Å². The summed E-state index contributed by atoms with van der Waals surface area (Å²) in [6.45, 7) is 0. The van der Waals surface area contributed by atoms with Gasteiger partial charge in [0.2, 0.25) is 0 Å². The van der Waals surface area contributed by atoms with Crippen LogP contribution in [0.25, 0.3) is 22.2 Å². The number of para-hydroxylation sites is 1. The van der Waals surface area contributed by atoms with E-state index in [1.807, 2.05) is 12.1 Å². The van der Waals surface area contributed by atoms with Crippen LogP contribution < -0.4 is 0 Å². The molecule has 1 N–H and O–H groups in total. The molecule has 0 spiro atoms. The predicted molar refractivity (Wildman–Crippen MR) is 105 cm³/mol. The zero-order chi connectivity index (χ0) is 16.9. The van der Waals surface area contributed by atoms with Crippen molar-refractivity contribution >= 4 is 10.9 Å². The molecule has 0 radical (unpaired) electrons. The summed E-state index contributed by atoms with van der Waals surface area (Å²) in [4.78, 5) is 3.54. The molecule has 0 aliphatic heterocycles. The maximum absolute atomic E-state index is 3.54. The Labute approximate surface area is 148 Å². The summed E-state index contributed by atoms with van der Waals surface area (Å²) < 4.78 is 0. The molecule has 1 aromatic heterocycles. The Bertz CT molecular complexity index is 1030. The molecule has 0 saturated heterocycles. The van der Waals surface area contributed by atoms with E-state index < -0.39 is 0 Å². The van der Waals surface area contributed by atoms with Gasteiger partial charge in [-0.2, -0.15) is 0 Å². The van der Waals surface area contributed by atoms with Gasteiger partial charge in [0.05, 0.1) is 11.3 Å². The monoisotopic (exact) mass is 321 g/mol. The van der Waals surface area contributed by atoms with Gasteiger partial charge in [-0.1, -0.05) is 90.7 Å². The van der Waals surface area contributed by atoms with Gasteiger partial charge >= 0.3 is 0 Å². The number of hydrogen-bond acceptors (Lipinski definition) is 0. The summed E-state index contributed by atoms with van der Waals surface area (Å²) in [5, 5.41) is 1.19. The highest BCUT2D eigenvalue weighted by molar-refractivity contribution is 5.93. The number of hydrogen-bond donors (Lipinski definition) is 1. The quantitative estimate of drug-likeness (QED) is 0.458. The van der Waals surface area contributed by atoms with Gasteiger partial charge in [0.1, 0.15) is 0 Å². The molecule has 25 heavy (non-hydrogen) atoms. The van der Waals surface area contributed by atoms with Crippen molar-refractivity contribution in [3.05, 3.63) is 96.1 Å². The van der Waals surface area contributed by atoms with Crippen molar-refractivity contribution in [2.45, 2.75) is 12.8 Å². The molecule has 0 bridgehead atoms. The van der Waals surface area contributed by atoms with Crippen LogP contribution in [0.5, 0.6) is 0 Å². The second kappa shape index (κ2) is 7.11. The summed E-state index contributed by atoms with van der Waals surface area (Å²) in [6.07, 6.45) is 1.84. The fraction of sp³-hybridized carbons (Fsp3) is 0.0833. The summed E-state index contributed by atoms with van der Waals surface area (Å²) in [6, 6.07) is 29.3. The van der Waals surface area contributed by atoms with E-state index in [0.717, 1.165) is 29.6 Å². The number of fused-ring (bicyclic) bond motifs is 1. The van der Waals surface area contributed by atoms with E-state index in [2.05, 4.69) is 89.6 Å². The maximum atomic E-state index is 3.54. The number of aryl methyl sites for hydroxylation is 1. The molecule has 120 valence electrons. The molecule has 0 aliphatic carbocycles. The molecule has 0 atom stereocenters. The van der Waals surface area contributed by atoms with Crippen molar-refractivity contribution in [3.63, 3.8) is 0 Å². The lowest BCUT2D eigenvalue weighted by molar-refractivity contribution is 1.03. The molecule has 1 nitrogen and oxygen atoms in total. The average molecular weight is 321 g/mol. The first kappa shape index (κ1) is 15.3. The smallest absolute Gasteiger partial charge is 0.0624 e. The molecule has 0 saturated carbocycles. The van der Waals surface area contributed by atoms with Crippen molar-refractivity contribution in [1.29, 1.82) is 0 Å². The summed E-state index contributed by atoms with van der Waals surface area (Å²) in [5.74, 6) is 6.79. The van der Waals surface area contributed by atoms with Crippen LogP contribution in [0.2, 0.25) is 0 Å². The van der Waals surface area contributed by atoms with E-state index in [9.17, 15) is 0 Å². The van der Waals surface area contributed by atoms with Crippen LogP contribution in [0.1, 0.15) is 17.5 Å². The third-order valence-electron chi connectivity index (χ3n) is 4.36. The molecule has 4 rings (SSSR count). The van der Waals surface area contributed by atoms with E-state index in [4.69, 9.17) is 0 Å². The number of H-pyrrole nitrogens is 1. The van der Waals surface area contributed by atoms with E-state index >= 15 is 0 Å². The molecule has 0 aliphatic rings. The molecule has 0 fully saturated rings. The third kappa shape index (κ3) is 3.34. The van der Waals surface area contributed by atoms with Gasteiger partial charge in [-0.15, -0.1) is 0 Å². The first-order valence-corrected chi connectivity index (χ1v) is 8.61. The molecule has 1 heteroatoms. The SMILES string of the molecule is C(#Cc1c(-c2ccccc2)[nH]c2ccccc12)CCc1ccccc1. The van der Waals surface area contributed by atoms with Gasteiger partial charge in [-0.25, -0.2) is 0 Å². The van der Waals surface area contributed by atoms with Gasteiger partial charge in [-0.05, 0) is 23.6 Å². The van der Waals surface area contributed by atoms with Crippen LogP contribution in [-0.4, -0.2) is 4.98 Å². The van der Waals surface area contributed by atoms with Crippen LogP contribution in [0.3, 0.4) is 0 Å². The van der Waals surface area contributed by atoms with E-state index in [-0.39, 0.29) is 0 Å². The zero-order valence-corrected chi connectivity index (χ0v) is 14.0. The lowest BCUT2D eigenvalue weighted by Crippen LogP contribution is -1.83. The Balaban J connectivity index is 1.68. The van der Waals surface area contributed by atoms with E-state index in [1.165, 1.54) is 16.5 Å². The number of aromatic nitrogens is 1. The highest BCUT2D eigenvalue weighted by Crippen LogP contribution is 2.29. The van der Waals surface area contributed by atoms with Gasteiger partial charge in [-0.3, -0.25) is 0 Å². The minimum Gasteiger partial charge on any atom is -0.353 e. The Morgan fingerprint density at radius 2 is 1.40 bits per heavy atom. The summed E-state index contributed by atoms with van der Waals surface area (Å²) >= 11 is 0. The zero-order valence-electron chi connectivity index (χ0n) is 14.0. The molecular formula is C24H19N. The number of benzene rings is 3. The maximum Gasteiger partial charge on any atom is 0.0624 e. The molecule has 3 aromatic carbocycles. The van der Waals surface area contributed by atoms with Crippen molar-refractivity contribution in [2.75, 3.05) is 0 Å². The highest BCUT2D eigenvalue weighted by atomic mass is 14.7. The molecule has 0 amide bonds. The molecular weight excluding hydrogens is 302 g/mol. The topological polar surface area (TPSA) is 15.8 Å².